The summed E-state index contributed by atoms with van der Waals surface area (Å²) in [5.74, 6) is 0.551. The number of nitrogens with one attached hydrogen (secondary N) is 1. The van der Waals surface area contributed by atoms with Crippen molar-refractivity contribution < 1.29 is 31.9 Å². The molecule has 0 radical (unpaired) electrons. The van der Waals surface area contributed by atoms with E-state index >= 15 is 0 Å². The van der Waals surface area contributed by atoms with Crippen molar-refractivity contribution in [3.05, 3.63) is 35.1 Å². The highest BCUT2D eigenvalue weighted by Gasteiger charge is 2.35. The van der Waals surface area contributed by atoms with Gasteiger partial charge in [0.15, 0.2) is 9.84 Å². The zero-order chi connectivity index (χ0) is 26.5. The number of alkyl carbamates (subject to hydrolysis) is 1. The van der Waals surface area contributed by atoms with Crippen LogP contribution in [-0.4, -0.2) is 62.9 Å². The number of nitrogens with zero attached hydrogens (tertiary/aromatic N) is 1. The molecule has 0 aromatic heterocycles. The normalized spacial score (nSPS) is 17.6. The molecule has 0 unspecified atom stereocenters. The summed E-state index contributed by atoms with van der Waals surface area (Å²) in [6, 6.07) is 4.23. The second-order valence-corrected chi connectivity index (χ2v) is 12.7. The fraction of sp³-hybridized carbons (Fsp3) is 0.600. The van der Waals surface area contributed by atoms with Crippen LogP contribution in [0, 0.1) is 11.8 Å². The SMILES string of the molecule is CC(C)(C)OC(=O)NC/C(=C\F)COc1ccc(S(=O)(=O)CC2CCN(C(=O)C3CC3)CC2)c(Cl)c1. The van der Waals surface area contributed by atoms with Crippen molar-refractivity contribution in [2.24, 2.45) is 11.8 Å². The first-order chi connectivity index (χ1) is 16.9. The predicted molar refractivity (Wildman–Crippen MR) is 134 cm³/mol. The Balaban J connectivity index is 1.50. The average molecular weight is 545 g/mol. The summed E-state index contributed by atoms with van der Waals surface area (Å²) < 4.78 is 49.9. The standard InChI is InChI=1S/C25H34ClFN2O6S/c1-25(2,3)35-24(31)28-14-18(13-27)15-34-20-6-7-22(21(26)12-20)36(32,33)16-17-8-10-29(11-9-17)23(30)19-4-5-19/h6-7,12-13,17,19H,4-5,8-11,14-16H2,1-3H3,(H,28,31)/b18-13+. The zero-order valence-corrected chi connectivity index (χ0v) is 22.5. The van der Waals surface area contributed by atoms with E-state index in [1.54, 1.807) is 20.8 Å². The number of likely N-dealkylation sites (tertiary alicyclic amines) is 1. The second kappa shape index (κ2) is 11.8. The number of benzene rings is 1. The van der Waals surface area contributed by atoms with Crippen molar-refractivity contribution in [1.82, 2.24) is 10.2 Å². The van der Waals surface area contributed by atoms with Crippen LogP contribution in [0.4, 0.5) is 9.18 Å². The Hall–Kier alpha value is -2.33. The zero-order valence-electron chi connectivity index (χ0n) is 20.9. The van der Waals surface area contributed by atoms with Crippen LogP contribution in [0.2, 0.25) is 5.02 Å². The molecule has 1 aromatic carbocycles. The van der Waals surface area contributed by atoms with Crippen LogP contribution >= 0.6 is 11.6 Å². The molecule has 0 spiro atoms. The van der Waals surface area contributed by atoms with Gasteiger partial charge in [-0.05, 0) is 64.5 Å². The molecule has 0 bridgehead atoms. The Kier molecular flexibility index (Phi) is 9.27. The van der Waals surface area contributed by atoms with Gasteiger partial charge >= 0.3 is 6.09 Å². The topological polar surface area (TPSA) is 102 Å². The summed E-state index contributed by atoms with van der Waals surface area (Å²) in [6.45, 7) is 6.04. The van der Waals surface area contributed by atoms with Gasteiger partial charge in [0.25, 0.3) is 0 Å². The monoisotopic (exact) mass is 544 g/mol. The minimum absolute atomic E-state index is 0.0147. The first-order valence-electron chi connectivity index (χ1n) is 12.1. The molecule has 1 saturated carbocycles. The number of piperidine rings is 1. The van der Waals surface area contributed by atoms with Gasteiger partial charge in [-0.2, -0.15) is 0 Å². The van der Waals surface area contributed by atoms with E-state index in [0.29, 0.717) is 32.3 Å². The Morgan fingerprint density at radius 1 is 1.19 bits per heavy atom. The van der Waals surface area contributed by atoms with E-state index in [9.17, 15) is 22.4 Å². The maximum absolute atomic E-state index is 13.2. The summed E-state index contributed by atoms with van der Waals surface area (Å²) >= 11 is 6.28. The van der Waals surface area contributed by atoms with Crippen LogP contribution in [0.15, 0.2) is 35.0 Å². The Bertz CT molecular complexity index is 1090. The maximum Gasteiger partial charge on any atom is 0.407 e. The molecule has 2 aliphatic rings. The number of carbonyl (C=O) groups is 2. The van der Waals surface area contributed by atoms with Gasteiger partial charge < -0.3 is 19.7 Å². The lowest BCUT2D eigenvalue weighted by atomic mass is 9.98. The minimum Gasteiger partial charge on any atom is -0.489 e. The van der Waals surface area contributed by atoms with Crippen LogP contribution in [0.1, 0.15) is 46.5 Å². The third-order valence-electron chi connectivity index (χ3n) is 5.98. The van der Waals surface area contributed by atoms with E-state index < -0.39 is 21.5 Å². The van der Waals surface area contributed by atoms with E-state index in [2.05, 4.69) is 5.32 Å². The van der Waals surface area contributed by atoms with Crippen LogP contribution in [0.3, 0.4) is 0 Å². The van der Waals surface area contributed by atoms with Crippen molar-refractivity contribution >= 4 is 33.4 Å². The molecule has 200 valence electrons. The van der Waals surface area contributed by atoms with Crippen molar-refractivity contribution in [1.29, 1.82) is 0 Å². The van der Waals surface area contributed by atoms with Crippen LogP contribution in [0.25, 0.3) is 0 Å². The van der Waals surface area contributed by atoms with Crippen molar-refractivity contribution in [3.63, 3.8) is 0 Å². The first-order valence-corrected chi connectivity index (χ1v) is 14.1. The average Bonchev–Trinajstić information content (AvgIpc) is 3.63. The predicted octanol–water partition coefficient (Wildman–Crippen LogP) is 4.52. The molecule has 1 aromatic rings. The summed E-state index contributed by atoms with van der Waals surface area (Å²) in [7, 11) is -3.64. The van der Waals surface area contributed by atoms with Crippen LogP contribution < -0.4 is 10.1 Å². The van der Waals surface area contributed by atoms with E-state index in [4.69, 9.17) is 21.1 Å². The third kappa shape index (κ3) is 8.37. The van der Waals surface area contributed by atoms with E-state index in [1.807, 2.05) is 4.90 Å². The Morgan fingerprint density at radius 3 is 2.42 bits per heavy atom. The van der Waals surface area contributed by atoms with Gasteiger partial charge in [-0.1, -0.05) is 11.6 Å². The molecule has 8 nitrogen and oxygen atoms in total. The van der Waals surface area contributed by atoms with Gasteiger partial charge in [-0.3, -0.25) is 4.79 Å². The summed E-state index contributed by atoms with van der Waals surface area (Å²) in [5, 5.41) is 2.47. The number of hydrogen-bond acceptors (Lipinski definition) is 6. The molecule has 0 atom stereocenters. The Morgan fingerprint density at radius 2 is 1.86 bits per heavy atom. The molecule has 3 rings (SSSR count). The highest BCUT2D eigenvalue weighted by atomic mass is 35.5. The fourth-order valence-corrected chi connectivity index (χ4v) is 6.22. The van der Waals surface area contributed by atoms with Crippen molar-refractivity contribution in [3.8, 4) is 5.75 Å². The van der Waals surface area contributed by atoms with Crippen molar-refractivity contribution in [2.45, 2.75) is 57.0 Å². The molecule has 11 heteroatoms. The van der Waals surface area contributed by atoms with E-state index in [0.717, 1.165) is 12.8 Å². The number of rotatable bonds is 9. The molecule has 1 aliphatic carbocycles. The highest BCUT2D eigenvalue weighted by molar-refractivity contribution is 7.91. The molecular weight excluding hydrogens is 511 g/mol. The molecular formula is C25H34ClFN2O6S. The number of halogens is 2. The molecule has 2 fully saturated rings. The number of ether oxygens (including phenoxy) is 2. The summed E-state index contributed by atoms with van der Waals surface area (Å²) in [5.41, 5.74) is -0.522. The number of carbonyl (C=O) groups excluding carboxylic acids is 2. The molecule has 1 N–H and O–H groups in total. The van der Waals surface area contributed by atoms with E-state index in [1.165, 1.54) is 18.2 Å². The van der Waals surface area contributed by atoms with Gasteiger partial charge in [0, 0.05) is 37.2 Å². The summed E-state index contributed by atoms with van der Waals surface area (Å²) in [4.78, 5) is 25.8. The van der Waals surface area contributed by atoms with Crippen LogP contribution in [-0.2, 0) is 19.4 Å². The Labute approximate surface area is 217 Å². The third-order valence-corrected chi connectivity index (χ3v) is 8.34. The lowest BCUT2D eigenvalue weighted by Gasteiger charge is -2.32. The van der Waals surface area contributed by atoms with Gasteiger partial charge in [0.1, 0.15) is 18.0 Å². The number of amides is 2. The molecule has 36 heavy (non-hydrogen) atoms. The lowest BCUT2D eigenvalue weighted by Crippen LogP contribution is -2.40. The summed E-state index contributed by atoms with van der Waals surface area (Å²) in [6.07, 6.45) is 2.86. The molecule has 1 saturated heterocycles. The largest absolute Gasteiger partial charge is 0.489 e. The second-order valence-electron chi connectivity index (χ2n) is 10.3. The van der Waals surface area contributed by atoms with Gasteiger partial charge in [0.05, 0.1) is 22.0 Å². The fourth-order valence-electron chi connectivity index (χ4n) is 3.93. The first kappa shape index (κ1) is 28.2. The number of sulfone groups is 1. The quantitative estimate of drug-likeness (QED) is 0.490. The van der Waals surface area contributed by atoms with E-state index in [-0.39, 0.29) is 57.9 Å². The minimum atomic E-state index is -3.64. The number of hydrogen-bond donors (Lipinski definition) is 1. The van der Waals surface area contributed by atoms with Gasteiger partial charge in [-0.15, -0.1) is 0 Å². The maximum atomic E-state index is 13.2. The van der Waals surface area contributed by atoms with Crippen molar-refractivity contribution in [2.75, 3.05) is 32.0 Å². The van der Waals surface area contributed by atoms with Gasteiger partial charge in [0.2, 0.25) is 5.91 Å². The highest BCUT2D eigenvalue weighted by Crippen LogP contribution is 2.34. The lowest BCUT2D eigenvalue weighted by molar-refractivity contribution is -0.133. The van der Waals surface area contributed by atoms with Gasteiger partial charge in [-0.25, -0.2) is 17.6 Å². The molecule has 1 heterocycles. The van der Waals surface area contributed by atoms with Crippen LogP contribution in [0.5, 0.6) is 5.75 Å². The molecule has 1 aliphatic heterocycles. The smallest absolute Gasteiger partial charge is 0.407 e. The molecule has 2 amide bonds.